The van der Waals surface area contributed by atoms with Gasteiger partial charge in [0.05, 0.1) is 5.75 Å². The highest BCUT2D eigenvalue weighted by Gasteiger charge is 2.29. The van der Waals surface area contributed by atoms with E-state index >= 15 is 0 Å². The third-order valence-electron chi connectivity index (χ3n) is 5.80. The minimum atomic E-state index is -2.71. The zero-order chi connectivity index (χ0) is 22.3. The number of aromatic amines is 1. The Morgan fingerprint density at radius 2 is 1.91 bits per heavy atom. The van der Waals surface area contributed by atoms with Crippen molar-refractivity contribution >= 4 is 21.7 Å². The molecule has 0 amide bonds. The number of aromatic nitrogens is 2. The predicted molar refractivity (Wildman–Crippen MR) is 128 cm³/mol. The van der Waals surface area contributed by atoms with E-state index in [0.29, 0.717) is 35.9 Å². The molecule has 0 bridgehead atoms. The Kier molecular flexibility index (Phi) is 5.30. The lowest BCUT2D eigenvalue weighted by Crippen LogP contribution is -2.22. The number of ether oxygens (including phenoxy) is 1. The number of nitrogens with one attached hydrogen (secondary N) is 1. The molecule has 7 nitrogen and oxygen atoms in total. The summed E-state index contributed by atoms with van der Waals surface area (Å²) in [6, 6.07) is 17.3. The Labute approximate surface area is 187 Å². The van der Waals surface area contributed by atoms with Crippen molar-refractivity contribution in [3.63, 3.8) is 0 Å². The third kappa shape index (κ3) is 3.82. The minimum Gasteiger partial charge on any atom is -0.457 e. The average molecular weight is 452 g/mol. The number of aryl methyl sites for hydroxylation is 1. The van der Waals surface area contributed by atoms with Crippen LogP contribution >= 0.6 is 10.8 Å². The van der Waals surface area contributed by atoms with Crippen LogP contribution in [0.1, 0.15) is 12.0 Å². The first-order valence-corrected chi connectivity index (χ1v) is 12.1. The molecule has 0 atom stereocenters. The van der Waals surface area contributed by atoms with Crippen molar-refractivity contribution in [1.82, 2.24) is 13.9 Å². The van der Waals surface area contributed by atoms with Gasteiger partial charge in [-0.2, -0.15) is 0 Å². The highest BCUT2D eigenvalue weighted by atomic mass is 32.3. The van der Waals surface area contributed by atoms with Gasteiger partial charge in [-0.05, 0) is 42.3 Å². The van der Waals surface area contributed by atoms with Crippen LogP contribution < -0.4 is 10.3 Å². The highest BCUT2D eigenvalue weighted by Crippen LogP contribution is 2.49. The molecular weight excluding hydrogens is 426 g/mol. The number of fused-ring (bicyclic) bond motifs is 1. The molecular formula is C24H25N3O4S. The summed E-state index contributed by atoms with van der Waals surface area (Å²) in [7, 11) is -0.979. The smallest absolute Gasteiger partial charge is 0.274 e. The van der Waals surface area contributed by atoms with E-state index in [1.54, 1.807) is 22.1 Å². The summed E-state index contributed by atoms with van der Waals surface area (Å²) in [5, 5.41) is 0.814. The lowest BCUT2D eigenvalue weighted by atomic mass is 10.00. The maximum atomic E-state index is 12.6. The fraction of sp³-hybridized carbons (Fsp3) is 0.208. The second-order valence-corrected chi connectivity index (χ2v) is 10.2. The molecule has 3 heterocycles. The van der Waals surface area contributed by atoms with E-state index in [2.05, 4.69) is 4.98 Å². The van der Waals surface area contributed by atoms with Crippen LogP contribution in [-0.4, -0.2) is 35.3 Å². The molecule has 32 heavy (non-hydrogen) atoms. The van der Waals surface area contributed by atoms with E-state index in [0.717, 1.165) is 28.5 Å². The molecule has 4 aromatic rings. The topological polar surface area (TPSA) is 90.7 Å². The molecule has 0 unspecified atom stereocenters. The number of pyridine rings is 1. The van der Waals surface area contributed by atoms with E-state index < -0.39 is 10.8 Å². The van der Waals surface area contributed by atoms with Gasteiger partial charge in [0.1, 0.15) is 17.0 Å². The number of hydrogen-bond donors (Lipinski definition) is 3. The second kappa shape index (κ2) is 8.14. The van der Waals surface area contributed by atoms with Crippen LogP contribution in [0, 0.1) is 0 Å². The molecule has 1 aliphatic rings. The van der Waals surface area contributed by atoms with Gasteiger partial charge >= 0.3 is 0 Å². The van der Waals surface area contributed by atoms with E-state index in [9.17, 15) is 13.9 Å². The summed E-state index contributed by atoms with van der Waals surface area (Å²) >= 11 is 0. The van der Waals surface area contributed by atoms with Crippen molar-refractivity contribution in [3.8, 4) is 22.6 Å². The van der Waals surface area contributed by atoms with Gasteiger partial charge < -0.3 is 14.3 Å². The van der Waals surface area contributed by atoms with Gasteiger partial charge in [-0.1, -0.05) is 24.3 Å². The quantitative estimate of drug-likeness (QED) is 0.388. The number of hydrogen-bond acceptors (Lipinski definition) is 5. The predicted octanol–water partition coefficient (Wildman–Crippen LogP) is 5.20. The largest absolute Gasteiger partial charge is 0.457 e. The fourth-order valence-corrected chi connectivity index (χ4v) is 5.72. The van der Waals surface area contributed by atoms with Gasteiger partial charge in [-0.15, -0.1) is 10.8 Å². The van der Waals surface area contributed by atoms with Gasteiger partial charge in [0, 0.05) is 49.0 Å². The Bertz CT molecular complexity index is 1330. The second-order valence-electron chi connectivity index (χ2n) is 8.02. The SMILES string of the molecule is Cn1cc(-c2cc(CN3CCCS3(O)O)ccc2Oc2ccccc2)c2cc[nH]c2c1=O. The van der Waals surface area contributed by atoms with Crippen molar-refractivity contribution in [2.45, 2.75) is 13.0 Å². The third-order valence-corrected chi connectivity index (χ3v) is 7.77. The summed E-state index contributed by atoms with van der Waals surface area (Å²) in [5.74, 6) is 1.79. The molecule has 0 aliphatic carbocycles. The van der Waals surface area contributed by atoms with Crippen molar-refractivity contribution in [3.05, 3.63) is 82.9 Å². The fourth-order valence-electron chi connectivity index (χ4n) is 4.17. The Hall–Kier alpha value is -3.04. The van der Waals surface area contributed by atoms with Crippen LogP contribution in [0.15, 0.2) is 71.8 Å². The number of para-hydroxylation sites is 1. The normalized spacial score (nSPS) is 17.0. The minimum absolute atomic E-state index is 0.0959. The standard InChI is InChI=1S/C24H25N3O4S/c1-26-16-21(19-10-11-25-23(19)24(26)28)20-14-17(15-27-12-5-13-32(27,29)30)8-9-22(20)31-18-6-3-2-4-7-18/h2-4,6-11,14,16,25,29-30H,5,12-13,15H2,1H3. The molecule has 8 heteroatoms. The molecule has 0 radical (unpaired) electrons. The Morgan fingerprint density at radius 3 is 2.66 bits per heavy atom. The Morgan fingerprint density at radius 1 is 1.09 bits per heavy atom. The zero-order valence-electron chi connectivity index (χ0n) is 17.7. The summed E-state index contributed by atoms with van der Waals surface area (Å²) < 4.78 is 30.2. The molecule has 166 valence electrons. The molecule has 1 aliphatic heterocycles. The maximum Gasteiger partial charge on any atom is 0.274 e. The maximum absolute atomic E-state index is 12.6. The van der Waals surface area contributed by atoms with Gasteiger partial charge in [-0.3, -0.25) is 13.9 Å². The van der Waals surface area contributed by atoms with Crippen LogP contribution in [0.3, 0.4) is 0 Å². The van der Waals surface area contributed by atoms with Crippen LogP contribution in [0.4, 0.5) is 0 Å². The monoisotopic (exact) mass is 451 g/mol. The molecule has 2 aromatic heterocycles. The number of benzene rings is 2. The van der Waals surface area contributed by atoms with Gasteiger partial charge in [0.15, 0.2) is 0 Å². The molecule has 5 rings (SSSR count). The van der Waals surface area contributed by atoms with Crippen molar-refractivity contribution < 1.29 is 13.8 Å². The first kappa shape index (κ1) is 20.8. The first-order chi connectivity index (χ1) is 15.4. The van der Waals surface area contributed by atoms with Crippen molar-refractivity contribution in [2.24, 2.45) is 7.05 Å². The molecule has 0 saturated carbocycles. The van der Waals surface area contributed by atoms with Crippen LogP contribution in [-0.2, 0) is 13.6 Å². The van der Waals surface area contributed by atoms with Crippen LogP contribution in [0.25, 0.3) is 22.0 Å². The molecule has 1 saturated heterocycles. The highest BCUT2D eigenvalue weighted by molar-refractivity contribution is 8.22. The Balaban J connectivity index is 1.64. The van der Waals surface area contributed by atoms with Crippen molar-refractivity contribution in [2.75, 3.05) is 12.3 Å². The van der Waals surface area contributed by atoms with Crippen molar-refractivity contribution in [1.29, 1.82) is 0 Å². The first-order valence-electron chi connectivity index (χ1n) is 10.5. The van der Waals surface area contributed by atoms with E-state index in [4.69, 9.17) is 4.74 Å². The van der Waals surface area contributed by atoms with Gasteiger partial charge in [-0.25, -0.2) is 4.31 Å². The molecule has 0 spiro atoms. The summed E-state index contributed by atoms with van der Waals surface area (Å²) in [4.78, 5) is 15.6. The van der Waals surface area contributed by atoms with E-state index in [-0.39, 0.29) is 5.56 Å². The van der Waals surface area contributed by atoms with Gasteiger partial charge in [0.25, 0.3) is 5.56 Å². The molecule has 3 N–H and O–H groups in total. The van der Waals surface area contributed by atoms with Crippen LogP contribution in [0.2, 0.25) is 0 Å². The van der Waals surface area contributed by atoms with E-state index in [1.807, 2.05) is 60.8 Å². The summed E-state index contributed by atoms with van der Waals surface area (Å²) in [6.07, 6.45) is 4.35. The molecule has 2 aromatic carbocycles. The number of nitrogens with zero attached hydrogens (tertiary/aromatic N) is 2. The van der Waals surface area contributed by atoms with E-state index in [1.165, 1.54) is 0 Å². The van der Waals surface area contributed by atoms with Crippen LogP contribution in [0.5, 0.6) is 11.5 Å². The summed E-state index contributed by atoms with van der Waals surface area (Å²) in [6.45, 7) is 1.09. The lowest BCUT2D eigenvalue weighted by Gasteiger charge is -2.36. The summed E-state index contributed by atoms with van der Waals surface area (Å²) in [5.41, 5.74) is 3.09. The average Bonchev–Trinajstić information content (AvgIpc) is 3.39. The van der Waals surface area contributed by atoms with Gasteiger partial charge in [0.2, 0.25) is 0 Å². The lowest BCUT2D eigenvalue weighted by molar-refractivity contribution is 0.374. The number of H-pyrrole nitrogens is 1. The number of rotatable bonds is 5. The molecule has 1 fully saturated rings. The zero-order valence-corrected chi connectivity index (χ0v) is 18.5.